The summed E-state index contributed by atoms with van der Waals surface area (Å²) in [7, 11) is 0. The smallest absolute Gasteiger partial charge is 0.335 e. The third-order valence-electron chi connectivity index (χ3n) is 6.39. The van der Waals surface area contributed by atoms with Crippen LogP contribution in [0, 0.1) is 6.92 Å². The van der Waals surface area contributed by atoms with Gasteiger partial charge in [0.25, 0.3) is 0 Å². The number of hydrogen-bond acceptors (Lipinski definition) is 7. The number of carbonyl (C=O) groups is 3. The molecule has 0 bridgehead atoms. The monoisotopic (exact) mass is 531 g/mol. The average molecular weight is 532 g/mol. The summed E-state index contributed by atoms with van der Waals surface area (Å²) in [5.74, 6) is -2.55. The molecule has 37 heavy (non-hydrogen) atoms. The number of aliphatic hydroxyl groups is 2. The normalized spacial score (nSPS) is 17.2. The zero-order chi connectivity index (χ0) is 27.3. The lowest BCUT2D eigenvalue weighted by Crippen LogP contribution is -2.39. The Hall–Kier alpha value is -3.24. The molecule has 1 aliphatic heterocycles. The Bertz CT molecular complexity index is 1270. The average Bonchev–Trinajstić information content (AvgIpc) is 3.47. The lowest BCUT2D eigenvalue weighted by molar-refractivity contribution is -0.165. The van der Waals surface area contributed by atoms with Crippen molar-refractivity contribution < 1.29 is 39.2 Å². The molecule has 4 N–H and O–H groups in total. The fraction of sp³-hybridized carbons (Fsp3) is 0.370. The zero-order valence-corrected chi connectivity index (χ0v) is 21.3. The molecule has 198 valence electrons. The van der Waals surface area contributed by atoms with E-state index in [4.69, 9.17) is 36.4 Å². The summed E-state index contributed by atoms with van der Waals surface area (Å²) < 4.78 is 5.98. The molecular formula is C27H30ClNO8. The van der Waals surface area contributed by atoms with E-state index >= 15 is 0 Å². The molecule has 3 aromatic rings. The van der Waals surface area contributed by atoms with E-state index in [-0.39, 0.29) is 5.78 Å². The number of carboxylic acid groups (broad SMARTS) is 2. The van der Waals surface area contributed by atoms with Crippen LogP contribution in [0.3, 0.4) is 0 Å². The highest BCUT2D eigenvalue weighted by Gasteiger charge is 2.29. The van der Waals surface area contributed by atoms with Crippen molar-refractivity contribution in [3.8, 4) is 0 Å². The van der Waals surface area contributed by atoms with Crippen LogP contribution >= 0.6 is 11.6 Å². The summed E-state index contributed by atoms with van der Waals surface area (Å²) in [4.78, 5) is 34.9. The molecule has 4 rings (SSSR count). The Balaban J connectivity index is 0.000000325. The lowest BCUT2D eigenvalue weighted by atomic mass is 10.0. The van der Waals surface area contributed by atoms with Crippen LogP contribution in [0.4, 0.5) is 0 Å². The third kappa shape index (κ3) is 7.17. The topological polar surface area (TPSA) is 149 Å². The van der Waals surface area contributed by atoms with Gasteiger partial charge in [0.15, 0.2) is 18.0 Å². The highest BCUT2D eigenvalue weighted by Crippen LogP contribution is 2.25. The molecule has 1 saturated heterocycles. The van der Waals surface area contributed by atoms with Gasteiger partial charge in [-0.25, -0.2) is 9.59 Å². The van der Waals surface area contributed by atoms with Crippen LogP contribution < -0.4 is 0 Å². The first-order valence-electron chi connectivity index (χ1n) is 11.9. The Kier molecular flexibility index (Phi) is 9.45. The summed E-state index contributed by atoms with van der Waals surface area (Å²) in [5.41, 5.74) is 3.07. The third-order valence-corrected chi connectivity index (χ3v) is 6.81. The second kappa shape index (κ2) is 12.3. The number of aliphatic hydroxyl groups excluding tert-OH is 2. The van der Waals surface area contributed by atoms with Gasteiger partial charge in [-0.05, 0) is 81.3 Å². The van der Waals surface area contributed by atoms with E-state index in [1.54, 1.807) is 12.1 Å². The number of benzene rings is 2. The van der Waals surface area contributed by atoms with Gasteiger partial charge in [0.05, 0.1) is 0 Å². The number of nitrogens with zero attached hydrogens (tertiary/aromatic N) is 1. The number of likely N-dealkylation sites (tertiary alicyclic amines) is 1. The van der Waals surface area contributed by atoms with Gasteiger partial charge in [0, 0.05) is 40.5 Å². The second-order valence-corrected chi connectivity index (χ2v) is 9.51. The largest absolute Gasteiger partial charge is 0.479 e. The van der Waals surface area contributed by atoms with Gasteiger partial charge in [0.1, 0.15) is 11.3 Å². The first kappa shape index (κ1) is 28.3. The summed E-state index contributed by atoms with van der Waals surface area (Å²) in [6, 6.07) is 13.8. The number of carbonyl (C=O) groups excluding carboxylic acids is 1. The Morgan fingerprint density at radius 1 is 1.03 bits per heavy atom. The van der Waals surface area contributed by atoms with E-state index in [1.807, 2.05) is 31.2 Å². The van der Waals surface area contributed by atoms with Crippen LogP contribution in [-0.2, 0) is 16.0 Å². The highest BCUT2D eigenvalue weighted by atomic mass is 35.5. The molecule has 9 nitrogen and oxygen atoms in total. The van der Waals surface area contributed by atoms with Crippen molar-refractivity contribution in [2.24, 2.45) is 0 Å². The van der Waals surface area contributed by atoms with Crippen molar-refractivity contribution in [1.82, 2.24) is 4.90 Å². The van der Waals surface area contributed by atoms with Crippen molar-refractivity contribution in [1.29, 1.82) is 0 Å². The van der Waals surface area contributed by atoms with Gasteiger partial charge in [-0.1, -0.05) is 11.6 Å². The van der Waals surface area contributed by atoms with Crippen molar-refractivity contribution in [2.75, 3.05) is 13.1 Å². The SMILES string of the molecule is Cc1cc(C(=O)c2ccc3oc(CCN4CCC[C@H]4C)cc3c2)ccc1Cl.O=C(O)[C@H](O)[C@@H](O)C(=O)O. The predicted octanol–water partition coefficient (Wildman–Crippen LogP) is 3.53. The number of ketones is 1. The summed E-state index contributed by atoms with van der Waals surface area (Å²) in [6.07, 6.45) is -1.05. The summed E-state index contributed by atoms with van der Waals surface area (Å²) in [6.45, 7) is 6.41. The molecule has 3 atom stereocenters. The predicted molar refractivity (Wildman–Crippen MR) is 137 cm³/mol. The molecule has 0 spiro atoms. The van der Waals surface area contributed by atoms with Crippen LogP contribution in [0.15, 0.2) is 46.9 Å². The number of rotatable bonds is 8. The number of furan rings is 1. The maximum Gasteiger partial charge on any atom is 0.335 e. The fourth-order valence-electron chi connectivity index (χ4n) is 4.16. The number of carboxylic acids is 2. The minimum atomic E-state index is -2.27. The molecule has 0 amide bonds. The van der Waals surface area contributed by atoms with Gasteiger partial charge < -0.3 is 29.7 Å². The molecule has 0 saturated carbocycles. The van der Waals surface area contributed by atoms with E-state index in [0.717, 1.165) is 35.3 Å². The Morgan fingerprint density at radius 2 is 1.65 bits per heavy atom. The maximum atomic E-state index is 12.8. The quantitative estimate of drug-likeness (QED) is 0.320. The van der Waals surface area contributed by atoms with E-state index in [9.17, 15) is 14.4 Å². The van der Waals surface area contributed by atoms with Crippen molar-refractivity contribution in [2.45, 2.75) is 51.4 Å². The molecule has 1 aliphatic rings. The van der Waals surface area contributed by atoms with Gasteiger partial charge in [-0.15, -0.1) is 0 Å². The van der Waals surface area contributed by atoms with E-state index in [2.05, 4.69) is 17.9 Å². The zero-order valence-electron chi connectivity index (χ0n) is 20.6. The number of hydrogen-bond donors (Lipinski definition) is 4. The standard InChI is InChI=1S/C23H24ClNO2.C4H6O6/c1-15-12-17(5-7-21(15)24)23(26)18-6-8-22-19(13-18)14-20(27-22)9-11-25-10-3-4-16(25)2;5-1(3(7)8)2(6)4(9)10/h5-8,12-14,16H,3-4,9-11H2,1-2H3;1-2,5-6H,(H,7,8)(H,9,10)/t16-;1-,2-/m11/s1. The fourth-order valence-corrected chi connectivity index (χ4v) is 4.28. The molecule has 0 radical (unpaired) electrons. The van der Waals surface area contributed by atoms with Gasteiger partial charge in [0.2, 0.25) is 0 Å². The molecular weight excluding hydrogens is 502 g/mol. The van der Waals surface area contributed by atoms with Gasteiger partial charge in [-0.3, -0.25) is 4.79 Å². The van der Waals surface area contributed by atoms with E-state index < -0.39 is 24.1 Å². The van der Waals surface area contributed by atoms with Crippen LogP contribution in [0.25, 0.3) is 11.0 Å². The second-order valence-electron chi connectivity index (χ2n) is 9.10. The maximum absolute atomic E-state index is 12.8. The van der Waals surface area contributed by atoms with Crippen LogP contribution in [0.1, 0.15) is 47.0 Å². The van der Waals surface area contributed by atoms with E-state index in [1.165, 1.54) is 19.4 Å². The minimum absolute atomic E-state index is 0.00491. The molecule has 1 fully saturated rings. The molecule has 0 unspecified atom stereocenters. The van der Waals surface area contributed by atoms with Crippen LogP contribution in [-0.4, -0.2) is 74.4 Å². The highest BCUT2D eigenvalue weighted by molar-refractivity contribution is 6.31. The Morgan fingerprint density at radius 3 is 2.22 bits per heavy atom. The van der Waals surface area contributed by atoms with Crippen molar-refractivity contribution >= 4 is 40.3 Å². The Labute approximate surface area is 218 Å². The summed E-state index contributed by atoms with van der Waals surface area (Å²) >= 11 is 6.07. The molecule has 1 aromatic heterocycles. The van der Waals surface area contributed by atoms with E-state index in [0.29, 0.717) is 22.2 Å². The van der Waals surface area contributed by atoms with Gasteiger partial charge in [-0.2, -0.15) is 0 Å². The van der Waals surface area contributed by atoms with Gasteiger partial charge >= 0.3 is 11.9 Å². The molecule has 2 aromatic carbocycles. The number of halogens is 1. The van der Waals surface area contributed by atoms with Crippen LogP contribution in [0.5, 0.6) is 0 Å². The molecule has 0 aliphatic carbocycles. The first-order chi connectivity index (χ1) is 17.5. The lowest BCUT2D eigenvalue weighted by Gasteiger charge is -2.19. The summed E-state index contributed by atoms with van der Waals surface area (Å²) in [5, 5.41) is 34.2. The number of aliphatic carboxylic acids is 2. The first-order valence-corrected chi connectivity index (χ1v) is 12.2. The molecule has 2 heterocycles. The number of aryl methyl sites for hydroxylation is 1. The van der Waals surface area contributed by atoms with Crippen molar-refractivity contribution in [3.63, 3.8) is 0 Å². The minimum Gasteiger partial charge on any atom is -0.479 e. The molecule has 10 heteroatoms. The van der Waals surface area contributed by atoms with Crippen LogP contribution in [0.2, 0.25) is 5.02 Å². The number of fused-ring (bicyclic) bond motifs is 1. The van der Waals surface area contributed by atoms with Crippen molar-refractivity contribution in [3.05, 3.63) is 69.9 Å².